The van der Waals surface area contributed by atoms with E-state index in [1.807, 2.05) is 0 Å². The van der Waals surface area contributed by atoms with Gasteiger partial charge in [-0.25, -0.2) is 0 Å². The molecule has 0 unspecified atom stereocenters. The molecule has 1 aromatic heterocycles. The van der Waals surface area contributed by atoms with Crippen LogP contribution in [0.5, 0.6) is 0 Å². The SMILES string of the molecule is Cc1coc(NC(=O)c2cc(N)cc(Cl)c2Cl)n1. The maximum absolute atomic E-state index is 11.9. The van der Waals surface area contributed by atoms with Crippen LogP contribution in [0.1, 0.15) is 16.1 Å². The van der Waals surface area contributed by atoms with Gasteiger partial charge in [0.25, 0.3) is 5.91 Å². The zero-order valence-corrected chi connectivity index (χ0v) is 10.8. The van der Waals surface area contributed by atoms with E-state index in [2.05, 4.69) is 10.3 Å². The number of nitrogens with one attached hydrogen (secondary N) is 1. The molecule has 0 saturated carbocycles. The van der Waals surface area contributed by atoms with Gasteiger partial charge in [0.15, 0.2) is 0 Å². The molecule has 1 aromatic carbocycles. The van der Waals surface area contributed by atoms with Crippen molar-refractivity contribution in [1.82, 2.24) is 4.98 Å². The fourth-order valence-electron chi connectivity index (χ4n) is 1.35. The monoisotopic (exact) mass is 285 g/mol. The number of benzene rings is 1. The molecule has 18 heavy (non-hydrogen) atoms. The number of carbonyl (C=O) groups excluding carboxylic acids is 1. The molecule has 0 spiro atoms. The highest BCUT2D eigenvalue weighted by Gasteiger charge is 2.16. The first kappa shape index (κ1) is 12.7. The maximum atomic E-state index is 11.9. The van der Waals surface area contributed by atoms with E-state index < -0.39 is 5.91 Å². The van der Waals surface area contributed by atoms with Crippen molar-refractivity contribution in [3.8, 4) is 0 Å². The van der Waals surface area contributed by atoms with Crippen molar-refractivity contribution in [1.29, 1.82) is 0 Å². The number of oxazole rings is 1. The molecular weight excluding hydrogens is 277 g/mol. The lowest BCUT2D eigenvalue weighted by Crippen LogP contribution is -2.13. The molecule has 7 heteroatoms. The van der Waals surface area contributed by atoms with Gasteiger partial charge >= 0.3 is 6.01 Å². The summed E-state index contributed by atoms with van der Waals surface area (Å²) < 4.78 is 5.01. The summed E-state index contributed by atoms with van der Waals surface area (Å²) in [6.07, 6.45) is 1.42. The fraction of sp³-hybridized carbons (Fsp3) is 0.0909. The number of aromatic nitrogens is 1. The first-order valence-corrected chi connectivity index (χ1v) is 5.71. The largest absolute Gasteiger partial charge is 0.432 e. The third kappa shape index (κ3) is 2.57. The summed E-state index contributed by atoms with van der Waals surface area (Å²) in [4.78, 5) is 15.9. The zero-order valence-electron chi connectivity index (χ0n) is 9.33. The average molecular weight is 286 g/mol. The number of nitrogen functional groups attached to an aromatic ring is 1. The molecule has 2 rings (SSSR count). The molecular formula is C11H9Cl2N3O2. The molecule has 2 aromatic rings. The van der Waals surface area contributed by atoms with Crippen LogP contribution in [-0.2, 0) is 0 Å². The van der Waals surface area contributed by atoms with E-state index in [9.17, 15) is 4.79 Å². The number of amides is 1. The lowest BCUT2D eigenvalue weighted by molar-refractivity contribution is 0.102. The third-order valence-electron chi connectivity index (χ3n) is 2.13. The minimum Gasteiger partial charge on any atom is -0.432 e. The van der Waals surface area contributed by atoms with Crippen LogP contribution in [-0.4, -0.2) is 10.9 Å². The summed E-state index contributed by atoms with van der Waals surface area (Å²) in [5, 5.41) is 2.80. The highest BCUT2D eigenvalue weighted by atomic mass is 35.5. The van der Waals surface area contributed by atoms with Crippen molar-refractivity contribution in [2.24, 2.45) is 0 Å². The molecule has 0 aliphatic carbocycles. The second kappa shape index (κ2) is 4.88. The van der Waals surface area contributed by atoms with Gasteiger partial charge in [-0.1, -0.05) is 23.2 Å². The quantitative estimate of drug-likeness (QED) is 0.831. The Labute approximate surface area is 113 Å². The molecule has 0 aliphatic heterocycles. The van der Waals surface area contributed by atoms with E-state index in [0.717, 1.165) is 0 Å². The second-order valence-corrected chi connectivity index (χ2v) is 4.40. The number of halogens is 2. The Morgan fingerprint density at radius 1 is 1.44 bits per heavy atom. The van der Waals surface area contributed by atoms with Crippen LogP contribution in [0.3, 0.4) is 0 Å². The number of nitrogens with zero attached hydrogens (tertiary/aromatic N) is 1. The van der Waals surface area contributed by atoms with Crippen molar-refractivity contribution >= 4 is 40.8 Å². The average Bonchev–Trinajstić information content (AvgIpc) is 2.69. The molecule has 0 radical (unpaired) electrons. The van der Waals surface area contributed by atoms with Gasteiger partial charge in [0.1, 0.15) is 6.26 Å². The van der Waals surface area contributed by atoms with E-state index in [4.69, 9.17) is 33.4 Å². The Balaban J connectivity index is 2.29. The Kier molecular flexibility index (Phi) is 3.45. The standard InChI is InChI=1S/C11H9Cl2N3O2/c1-5-4-18-11(15-5)16-10(17)7-2-6(14)3-8(12)9(7)13/h2-4H,14H2,1H3,(H,15,16,17). The predicted molar refractivity (Wildman–Crippen MR) is 70.1 cm³/mol. The lowest BCUT2D eigenvalue weighted by atomic mass is 10.2. The number of aryl methyl sites for hydroxylation is 1. The van der Waals surface area contributed by atoms with Crippen LogP contribution in [0.2, 0.25) is 10.0 Å². The maximum Gasteiger partial charge on any atom is 0.301 e. The Morgan fingerprint density at radius 3 is 2.78 bits per heavy atom. The molecule has 0 aliphatic rings. The molecule has 0 atom stereocenters. The van der Waals surface area contributed by atoms with Gasteiger partial charge in [0.05, 0.1) is 21.3 Å². The van der Waals surface area contributed by atoms with Crippen LogP contribution in [0.25, 0.3) is 0 Å². The number of rotatable bonds is 2. The lowest BCUT2D eigenvalue weighted by Gasteiger charge is -2.06. The van der Waals surface area contributed by atoms with Crippen LogP contribution < -0.4 is 11.1 Å². The molecule has 0 bridgehead atoms. The van der Waals surface area contributed by atoms with Crippen LogP contribution in [0.4, 0.5) is 11.7 Å². The molecule has 0 fully saturated rings. The Morgan fingerprint density at radius 2 is 2.17 bits per heavy atom. The van der Waals surface area contributed by atoms with Gasteiger partial charge in [-0.2, -0.15) is 4.98 Å². The van der Waals surface area contributed by atoms with E-state index in [1.165, 1.54) is 18.4 Å². The Hall–Kier alpha value is -1.72. The van der Waals surface area contributed by atoms with Crippen LogP contribution in [0, 0.1) is 6.92 Å². The smallest absolute Gasteiger partial charge is 0.301 e. The number of hydrogen-bond donors (Lipinski definition) is 2. The van der Waals surface area contributed by atoms with Crippen molar-refractivity contribution in [3.63, 3.8) is 0 Å². The van der Waals surface area contributed by atoms with Crippen molar-refractivity contribution in [3.05, 3.63) is 39.7 Å². The molecule has 0 saturated heterocycles. The van der Waals surface area contributed by atoms with E-state index in [0.29, 0.717) is 11.4 Å². The van der Waals surface area contributed by atoms with Gasteiger partial charge in [-0.05, 0) is 19.1 Å². The zero-order chi connectivity index (χ0) is 13.3. The van der Waals surface area contributed by atoms with E-state index >= 15 is 0 Å². The van der Waals surface area contributed by atoms with Crippen molar-refractivity contribution in [2.75, 3.05) is 11.1 Å². The highest BCUT2D eigenvalue weighted by Crippen LogP contribution is 2.29. The first-order valence-electron chi connectivity index (χ1n) is 4.95. The third-order valence-corrected chi connectivity index (χ3v) is 2.94. The van der Waals surface area contributed by atoms with Gasteiger partial charge in [0, 0.05) is 5.69 Å². The molecule has 5 nitrogen and oxygen atoms in total. The number of carbonyl (C=O) groups is 1. The summed E-state index contributed by atoms with van der Waals surface area (Å²) in [5.41, 5.74) is 6.77. The highest BCUT2D eigenvalue weighted by molar-refractivity contribution is 6.44. The minimum atomic E-state index is -0.490. The predicted octanol–water partition coefficient (Wildman–Crippen LogP) is 3.12. The van der Waals surface area contributed by atoms with Crippen molar-refractivity contribution in [2.45, 2.75) is 6.92 Å². The topological polar surface area (TPSA) is 81.2 Å². The summed E-state index contributed by atoms with van der Waals surface area (Å²) >= 11 is 11.8. The normalized spacial score (nSPS) is 10.4. The molecule has 1 heterocycles. The fourth-order valence-corrected chi connectivity index (χ4v) is 1.77. The van der Waals surface area contributed by atoms with Gasteiger partial charge < -0.3 is 10.2 Å². The van der Waals surface area contributed by atoms with Gasteiger partial charge in [-0.3, -0.25) is 10.1 Å². The second-order valence-electron chi connectivity index (χ2n) is 3.61. The Bertz CT molecular complexity index is 610. The van der Waals surface area contributed by atoms with Gasteiger partial charge in [-0.15, -0.1) is 0 Å². The number of nitrogens with two attached hydrogens (primary N) is 1. The van der Waals surface area contributed by atoms with Gasteiger partial charge in [0.2, 0.25) is 0 Å². The summed E-state index contributed by atoms with van der Waals surface area (Å²) in [5.74, 6) is -0.490. The molecule has 94 valence electrons. The first-order chi connectivity index (χ1) is 8.47. The number of hydrogen-bond acceptors (Lipinski definition) is 4. The minimum absolute atomic E-state index is 0.0899. The summed E-state index contributed by atoms with van der Waals surface area (Å²) in [6, 6.07) is 2.99. The van der Waals surface area contributed by atoms with Crippen molar-refractivity contribution < 1.29 is 9.21 Å². The molecule has 3 N–H and O–H groups in total. The van der Waals surface area contributed by atoms with E-state index in [-0.39, 0.29) is 21.6 Å². The summed E-state index contributed by atoms with van der Waals surface area (Å²) in [7, 11) is 0. The number of anilines is 2. The molecule has 1 amide bonds. The van der Waals surface area contributed by atoms with Crippen LogP contribution >= 0.6 is 23.2 Å². The van der Waals surface area contributed by atoms with E-state index in [1.54, 1.807) is 6.92 Å². The van der Waals surface area contributed by atoms with Crippen LogP contribution in [0.15, 0.2) is 22.8 Å². The summed E-state index contributed by atoms with van der Waals surface area (Å²) in [6.45, 7) is 1.74.